The lowest BCUT2D eigenvalue weighted by Gasteiger charge is -2.21. The van der Waals surface area contributed by atoms with Crippen LogP contribution in [0.2, 0.25) is 0 Å². The zero-order chi connectivity index (χ0) is 8.27. The first kappa shape index (κ1) is 8.53. The highest BCUT2D eigenvalue weighted by atomic mass is 16.5. The van der Waals surface area contributed by atoms with Gasteiger partial charge in [0.2, 0.25) is 0 Å². The lowest BCUT2D eigenvalue weighted by molar-refractivity contribution is 0.0987. The molecule has 0 amide bonds. The largest absolute Gasteiger partial charge is 0.380 e. The zero-order valence-electron chi connectivity index (χ0n) is 7.26. The van der Waals surface area contributed by atoms with Crippen LogP contribution < -0.4 is 0 Å². The Morgan fingerprint density at radius 1 is 1.73 bits per heavy atom. The summed E-state index contributed by atoms with van der Waals surface area (Å²) in [6, 6.07) is 0. The number of nitrogens with zero attached hydrogens (tertiary/aromatic N) is 1. The molecule has 0 aromatic rings. The van der Waals surface area contributed by atoms with Crippen molar-refractivity contribution in [3.05, 3.63) is 0 Å². The van der Waals surface area contributed by atoms with Gasteiger partial charge in [0.1, 0.15) is 0 Å². The molecule has 1 heterocycles. The van der Waals surface area contributed by atoms with Crippen molar-refractivity contribution < 1.29 is 4.74 Å². The molecule has 1 N–H and O–H groups in total. The van der Waals surface area contributed by atoms with Gasteiger partial charge in [0.25, 0.3) is 0 Å². The Kier molecular flexibility index (Phi) is 2.88. The topological polar surface area (TPSA) is 36.3 Å². The average Bonchev–Trinajstić information content (AvgIpc) is 2.37. The molecule has 1 unspecified atom stereocenters. The van der Waals surface area contributed by atoms with Crippen LogP contribution >= 0.6 is 0 Å². The highest BCUT2D eigenvalue weighted by molar-refractivity contribution is 5.80. The second-order valence-corrected chi connectivity index (χ2v) is 3.04. The van der Waals surface area contributed by atoms with E-state index in [9.17, 15) is 0 Å². The minimum atomic E-state index is 0.244. The van der Waals surface area contributed by atoms with Gasteiger partial charge in [-0.25, -0.2) is 0 Å². The van der Waals surface area contributed by atoms with Crippen molar-refractivity contribution in [2.45, 2.75) is 25.9 Å². The summed E-state index contributed by atoms with van der Waals surface area (Å²) in [5, 5.41) is 7.54. The summed E-state index contributed by atoms with van der Waals surface area (Å²) in [7, 11) is 1.71. The van der Waals surface area contributed by atoms with Crippen LogP contribution in [0.1, 0.15) is 19.8 Å². The fourth-order valence-electron chi connectivity index (χ4n) is 1.32. The summed E-state index contributed by atoms with van der Waals surface area (Å²) >= 11 is 0. The number of amidine groups is 1. The van der Waals surface area contributed by atoms with Gasteiger partial charge in [-0.3, -0.25) is 5.41 Å². The Labute approximate surface area is 67.8 Å². The van der Waals surface area contributed by atoms with Gasteiger partial charge in [-0.2, -0.15) is 0 Å². The molecule has 1 atom stereocenters. The lowest BCUT2D eigenvalue weighted by atomic mass is 10.3. The Bertz CT molecular complexity index is 147. The molecule has 1 aliphatic heterocycles. The second-order valence-electron chi connectivity index (χ2n) is 3.04. The van der Waals surface area contributed by atoms with Crippen LogP contribution in [0, 0.1) is 5.41 Å². The molecule has 64 valence electrons. The van der Waals surface area contributed by atoms with Crippen molar-refractivity contribution in [1.82, 2.24) is 4.90 Å². The fraction of sp³-hybridized carbons (Fsp3) is 0.875. The third-order valence-electron chi connectivity index (χ3n) is 2.10. The SMILES string of the molecule is COC(C)CN1CCCC1=N. The standard InChI is InChI=1S/C8H16N2O/c1-7(11-2)6-10-5-3-4-8(10)9/h7,9H,3-6H2,1-2H3. The maximum atomic E-state index is 7.54. The molecule has 0 bridgehead atoms. The van der Waals surface area contributed by atoms with Crippen molar-refractivity contribution in [1.29, 1.82) is 5.41 Å². The summed E-state index contributed by atoms with van der Waals surface area (Å²) in [5.41, 5.74) is 0. The van der Waals surface area contributed by atoms with E-state index in [0.717, 1.165) is 31.8 Å². The Morgan fingerprint density at radius 3 is 2.91 bits per heavy atom. The van der Waals surface area contributed by atoms with Gasteiger partial charge < -0.3 is 9.64 Å². The summed E-state index contributed by atoms with van der Waals surface area (Å²) in [6.45, 7) is 3.94. The minimum absolute atomic E-state index is 0.244. The van der Waals surface area contributed by atoms with E-state index in [1.165, 1.54) is 0 Å². The zero-order valence-corrected chi connectivity index (χ0v) is 7.26. The number of hydrogen-bond acceptors (Lipinski definition) is 2. The van der Waals surface area contributed by atoms with Crippen LogP contribution in [0.3, 0.4) is 0 Å². The van der Waals surface area contributed by atoms with E-state index in [0.29, 0.717) is 0 Å². The van der Waals surface area contributed by atoms with Crippen LogP contribution in [-0.2, 0) is 4.74 Å². The molecule has 1 fully saturated rings. The van der Waals surface area contributed by atoms with Crippen LogP contribution in [-0.4, -0.2) is 37.0 Å². The highest BCUT2D eigenvalue weighted by Crippen LogP contribution is 2.10. The maximum absolute atomic E-state index is 7.54. The molecule has 1 saturated heterocycles. The molecule has 1 aliphatic rings. The molecule has 0 spiro atoms. The molecular formula is C8H16N2O. The molecule has 1 rings (SSSR count). The van der Waals surface area contributed by atoms with Gasteiger partial charge in [0.15, 0.2) is 0 Å². The quantitative estimate of drug-likeness (QED) is 0.664. The molecule has 3 nitrogen and oxygen atoms in total. The highest BCUT2D eigenvalue weighted by Gasteiger charge is 2.18. The molecule has 0 aromatic carbocycles. The van der Waals surface area contributed by atoms with Gasteiger partial charge in [-0.05, 0) is 13.3 Å². The summed E-state index contributed by atoms with van der Waals surface area (Å²) in [4.78, 5) is 2.09. The summed E-state index contributed by atoms with van der Waals surface area (Å²) in [5.74, 6) is 0.772. The van der Waals surface area contributed by atoms with Crippen LogP contribution in [0.15, 0.2) is 0 Å². The number of rotatable bonds is 3. The lowest BCUT2D eigenvalue weighted by Crippen LogP contribution is -2.32. The molecule has 0 saturated carbocycles. The molecule has 0 aliphatic carbocycles. The minimum Gasteiger partial charge on any atom is -0.380 e. The van der Waals surface area contributed by atoms with Crippen molar-refractivity contribution in [3.8, 4) is 0 Å². The number of nitrogens with one attached hydrogen (secondary N) is 1. The van der Waals surface area contributed by atoms with Crippen molar-refractivity contribution in [3.63, 3.8) is 0 Å². The first-order chi connectivity index (χ1) is 5.24. The Hall–Kier alpha value is -0.570. The van der Waals surface area contributed by atoms with Gasteiger partial charge >= 0.3 is 0 Å². The number of methoxy groups -OCH3 is 1. The summed E-state index contributed by atoms with van der Waals surface area (Å²) in [6.07, 6.45) is 2.32. The van der Waals surface area contributed by atoms with E-state index in [1.807, 2.05) is 6.92 Å². The third kappa shape index (κ3) is 2.19. The molecule has 11 heavy (non-hydrogen) atoms. The smallest absolute Gasteiger partial charge is 0.0959 e. The summed E-state index contributed by atoms with van der Waals surface area (Å²) < 4.78 is 5.12. The number of likely N-dealkylation sites (tertiary alicyclic amines) is 1. The van der Waals surface area contributed by atoms with E-state index in [4.69, 9.17) is 10.1 Å². The van der Waals surface area contributed by atoms with Crippen molar-refractivity contribution in [2.24, 2.45) is 0 Å². The van der Waals surface area contributed by atoms with Gasteiger partial charge in [-0.15, -0.1) is 0 Å². The monoisotopic (exact) mass is 156 g/mol. The predicted octanol–water partition coefficient (Wildman–Crippen LogP) is 1.09. The van der Waals surface area contributed by atoms with Crippen molar-refractivity contribution >= 4 is 5.84 Å². The first-order valence-corrected chi connectivity index (χ1v) is 4.09. The van der Waals surface area contributed by atoms with E-state index in [2.05, 4.69) is 4.90 Å². The molecule has 0 aromatic heterocycles. The first-order valence-electron chi connectivity index (χ1n) is 4.09. The van der Waals surface area contributed by atoms with Crippen LogP contribution in [0.25, 0.3) is 0 Å². The predicted molar refractivity (Wildman–Crippen MR) is 45.0 cm³/mol. The second kappa shape index (κ2) is 3.72. The van der Waals surface area contributed by atoms with E-state index >= 15 is 0 Å². The molecular weight excluding hydrogens is 140 g/mol. The normalized spacial score (nSPS) is 20.9. The molecule has 3 heteroatoms. The van der Waals surface area contributed by atoms with E-state index in [-0.39, 0.29) is 6.10 Å². The average molecular weight is 156 g/mol. The van der Waals surface area contributed by atoms with E-state index in [1.54, 1.807) is 7.11 Å². The van der Waals surface area contributed by atoms with Gasteiger partial charge in [0.05, 0.1) is 11.9 Å². The Morgan fingerprint density at radius 2 is 2.45 bits per heavy atom. The van der Waals surface area contributed by atoms with Crippen molar-refractivity contribution in [2.75, 3.05) is 20.2 Å². The number of hydrogen-bond donors (Lipinski definition) is 1. The van der Waals surface area contributed by atoms with Crippen LogP contribution in [0.5, 0.6) is 0 Å². The van der Waals surface area contributed by atoms with E-state index < -0.39 is 0 Å². The third-order valence-corrected chi connectivity index (χ3v) is 2.10. The van der Waals surface area contributed by atoms with Gasteiger partial charge in [0, 0.05) is 26.6 Å². The maximum Gasteiger partial charge on any atom is 0.0959 e. The molecule has 0 radical (unpaired) electrons. The Balaban J connectivity index is 2.30. The van der Waals surface area contributed by atoms with Gasteiger partial charge in [-0.1, -0.05) is 0 Å². The van der Waals surface area contributed by atoms with Crippen LogP contribution in [0.4, 0.5) is 0 Å². The number of ether oxygens (including phenoxy) is 1. The fourth-order valence-corrected chi connectivity index (χ4v) is 1.32.